The van der Waals surface area contributed by atoms with Gasteiger partial charge in [-0.25, -0.2) is 4.98 Å². The topological polar surface area (TPSA) is 71.2 Å². The van der Waals surface area contributed by atoms with E-state index in [1.165, 1.54) is 0 Å². The molecule has 0 aliphatic carbocycles. The standard InChI is InChI=1S/C15H20N4OS/c1-10-5-4-6-13(16)15(10)18-14(20)8-19(3)7-12-9-21-11(2)17-12/h4-6,9H,7-8,16H2,1-3H3,(H,18,20). The van der Waals surface area contributed by atoms with Crippen molar-refractivity contribution < 1.29 is 4.79 Å². The highest BCUT2D eigenvalue weighted by atomic mass is 32.1. The molecule has 0 unspecified atom stereocenters. The van der Waals surface area contributed by atoms with Crippen LogP contribution >= 0.6 is 11.3 Å². The summed E-state index contributed by atoms with van der Waals surface area (Å²) in [6, 6.07) is 5.58. The second-order valence-electron chi connectivity index (χ2n) is 5.12. The number of rotatable bonds is 5. The Morgan fingerprint density at radius 2 is 2.19 bits per heavy atom. The van der Waals surface area contributed by atoms with E-state index < -0.39 is 0 Å². The van der Waals surface area contributed by atoms with Gasteiger partial charge in [0.2, 0.25) is 5.91 Å². The highest BCUT2D eigenvalue weighted by Crippen LogP contribution is 2.22. The van der Waals surface area contributed by atoms with Crippen LogP contribution < -0.4 is 11.1 Å². The predicted molar refractivity (Wildman–Crippen MR) is 87.4 cm³/mol. The zero-order valence-electron chi connectivity index (χ0n) is 12.5. The van der Waals surface area contributed by atoms with E-state index in [-0.39, 0.29) is 5.91 Å². The maximum absolute atomic E-state index is 12.1. The van der Waals surface area contributed by atoms with Gasteiger partial charge in [-0.15, -0.1) is 11.3 Å². The number of thiazole rings is 1. The van der Waals surface area contributed by atoms with Crippen LogP contribution in [0.4, 0.5) is 11.4 Å². The molecule has 3 N–H and O–H groups in total. The molecule has 1 aromatic heterocycles. The van der Waals surface area contributed by atoms with Gasteiger partial charge in [-0.1, -0.05) is 12.1 Å². The number of hydrogen-bond acceptors (Lipinski definition) is 5. The molecule has 21 heavy (non-hydrogen) atoms. The Hall–Kier alpha value is -1.92. The third-order valence-electron chi connectivity index (χ3n) is 3.08. The number of nitrogens with one attached hydrogen (secondary N) is 1. The second kappa shape index (κ2) is 6.69. The van der Waals surface area contributed by atoms with Gasteiger partial charge in [-0.2, -0.15) is 0 Å². The number of aryl methyl sites for hydroxylation is 2. The van der Waals surface area contributed by atoms with Crippen molar-refractivity contribution in [3.8, 4) is 0 Å². The molecular formula is C15H20N4OS. The lowest BCUT2D eigenvalue weighted by atomic mass is 10.1. The molecule has 0 radical (unpaired) electrons. The molecule has 5 nitrogen and oxygen atoms in total. The predicted octanol–water partition coefficient (Wildman–Crippen LogP) is 2.41. The first-order chi connectivity index (χ1) is 9.95. The van der Waals surface area contributed by atoms with Crippen LogP contribution in [0.15, 0.2) is 23.6 Å². The lowest BCUT2D eigenvalue weighted by Gasteiger charge is -2.16. The molecule has 0 aliphatic rings. The van der Waals surface area contributed by atoms with Gasteiger partial charge in [-0.3, -0.25) is 9.69 Å². The van der Waals surface area contributed by atoms with Crippen LogP contribution in [-0.4, -0.2) is 29.4 Å². The second-order valence-corrected chi connectivity index (χ2v) is 6.18. The molecule has 0 fully saturated rings. The fourth-order valence-corrected chi connectivity index (χ4v) is 2.70. The summed E-state index contributed by atoms with van der Waals surface area (Å²) in [5.41, 5.74) is 9.12. The van der Waals surface area contributed by atoms with Gasteiger partial charge in [0.15, 0.2) is 0 Å². The van der Waals surface area contributed by atoms with Crippen LogP contribution in [0.2, 0.25) is 0 Å². The van der Waals surface area contributed by atoms with E-state index in [1.807, 2.05) is 43.3 Å². The Balaban J connectivity index is 1.92. The number of para-hydroxylation sites is 1. The first kappa shape index (κ1) is 15.5. The molecule has 1 amide bonds. The summed E-state index contributed by atoms with van der Waals surface area (Å²) in [6.07, 6.45) is 0. The molecule has 6 heteroatoms. The number of benzene rings is 1. The largest absolute Gasteiger partial charge is 0.397 e. The molecule has 2 aromatic rings. The Morgan fingerprint density at radius 1 is 1.43 bits per heavy atom. The number of carbonyl (C=O) groups excluding carboxylic acids is 1. The molecule has 0 aliphatic heterocycles. The maximum Gasteiger partial charge on any atom is 0.238 e. The minimum Gasteiger partial charge on any atom is -0.397 e. The van der Waals surface area contributed by atoms with Crippen molar-refractivity contribution in [2.24, 2.45) is 0 Å². The van der Waals surface area contributed by atoms with E-state index in [0.29, 0.717) is 24.5 Å². The monoisotopic (exact) mass is 304 g/mol. The van der Waals surface area contributed by atoms with Crippen molar-refractivity contribution in [1.82, 2.24) is 9.88 Å². The number of nitrogen functional groups attached to an aromatic ring is 1. The quantitative estimate of drug-likeness (QED) is 0.832. The summed E-state index contributed by atoms with van der Waals surface area (Å²) < 4.78 is 0. The average Bonchev–Trinajstić information content (AvgIpc) is 2.79. The number of hydrogen-bond donors (Lipinski definition) is 2. The SMILES string of the molecule is Cc1nc(CN(C)CC(=O)Nc2c(C)cccc2N)cs1. The number of amides is 1. The Morgan fingerprint density at radius 3 is 2.81 bits per heavy atom. The lowest BCUT2D eigenvalue weighted by Crippen LogP contribution is -2.30. The van der Waals surface area contributed by atoms with E-state index in [9.17, 15) is 4.79 Å². The number of anilines is 2. The summed E-state index contributed by atoms with van der Waals surface area (Å²) in [7, 11) is 1.90. The molecule has 1 heterocycles. The van der Waals surface area contributed by atoms with Crippen molar-refractivity contribution in [3.63, 3.8) is 0 Å². The smallest absolute Gasteiger partial charge is 0.238 e. The van der Waals surface area contributed by atoms with Crippen LogP contribution in [0.5, 0.6) is 0 Å². The van der Waals surface area contributed by atoms with Crippen LogP contribution in [0.1, 0.15) is 16.3 Å². The fraction of sp³-hybridized carbons (Fsp3) is 0.333. The molecule has 0 atom stereocenters. The molecule has 0 saturated carbocycles. The molecule has 1 aromatic carbocycles. The van der Waals surface area contributed by atoms with Gasteiger partial charge in [0.25, 0.3) is 0 Å². The zero-order chi connectivity index (χ0) is 15.4. The number of aromatic nitrogens is 1. The number of nitrogens with two attached hydrogens (primary N) is 1. The lowest BCUT2D eigenvalue weighted by molar-refractivity contribution is -0.117. The third-order valence-corrected chi connectivity index (χ3v) is 3.90. The fourth-order valence-electron chi connectivity index (χ4n) is 2.10. The van der Waals surface area contributed by atoms with Gasteiger partial charge in [0, 0.05) is 11.9 Å². The molecule has 0 bridgehead atoms. The van der Waals surface area contributed by atoms with E-state index in [1.54, 1.807) is 17.4 Å². The van der Waals surface area contributed by atoms with Crippen LogP contribution in [0.3, 0.4) is 0 Å². The van der Waals surface area contributed by atoms with Crippen LogP contribution in [0, 0.1) is 13.8 Å². The van der Waals surface area contributed by atoms with Gasteiger partial charge in [-0.05, 0) is 32.5 Å². The molecule has 2 rings (SSSR count). The van der Waals surface area contributed by atoms with Gasteiger partial charge in [0.05, 0.1) is 28.6 Å². The first-order valence-electron chi connectivity index (χ1n) is 6.70. The summed E-state index contributed by atoms with van der Waals surface area (Å²) in [4.78, 5) is 18.4. The van der Waals surface area contributed by atoms with E-state index in [0.717, 1.165) is 16.3 Å². The minimum absolute atomic E-state index is 0.0783. The Bertz CT molecular complexity index is 618. The number of likely N-dealkylation sites (N-methyl/N-ethyl adjacent to an activating group) is 1. The zero-order valence-corrected chi connectivity index (χ0v) is 13.3. The number of nitrogens with zero attached hydrogens (tertiary/aromatic N) is 2. The third kappa shape index (κ3) is 4.27. The summed E-state index contributed by atoms with van der Waals surface area (Å²) in [6.45, 7) is 4.85. The summed E-state index contributed by atoms with van der Waals surface area (Å²) in [5, 5.41) is 5.93. The van der Waals surface area contributed by atoms with Gasteiger partial charge < -0.3 is 11.1 Å². The molecule has 0 saturated heterocycles. The van der Waals surface area contributed by atoms with Crippen LogP contribution in [-0.2, 0) is 11.3 Å². The summed E-state index contributed by atoms with van der Waals surface area (Å²) in [5.74, 6) is -0.0783. The molecule has 112 valence electrons. The minimum atomic E-state index is -0.0783. The van der Waals surface area contributed by atoms with E-state index >= 15 is 0 Å². The van der Waals surface area contributed by atoms with Gasteiger partial charge >= 0.3 is 0 Å². The van der Waals surface area contributed by atoms with Crippen molar-refractivity contribution >= 4 is 28.6 Å². The van der Waals surface area contributed by atoms with Crippen molar-refractivity contribution in [2.45, 2.75) is 20.4 Å². The van der Waals surface area contributed by atoms with E-state index in [4.69, 9.17) is 5.73 Å². The van der Waals surface area contributed by atoms with Crippen molar-refractivity contribution in [3.05, 3.63) is 39.8 Å². The average molecular weight is 304 g/mol. The van der Waals surface area contributed by atoms with Gasteiger partial charge in [0.1, 0.15) is 0 Å². The van der Waals surface area contributed by atoms with Crippen molar-refractivity contribution in [1.29, 1.82) is 0 Å². The highest BCUT2D eigenvalue weighted by Gasteiger charge is 2.11. The normalized spacial score (nSPS) is 10.9. The van der Waals surface area contributed by atoms with Crippen LogP contribution in [0.25, 0.3) is 0 Å². The van der Waals surface area contributed by atoms with E-state index in [2.05, 4.69) is 10.3 Å². The first-order valence-corrected chi connectivity index (χ1v) is 7.58. The Kier molecular flexibility index (Phi) is 4.93. The molecule has 0 spiro atoms. The molecular weight excluding hydrogens is 284 g/mol. The highest BCUT2D eigenvalue weighted by molar-refractivity contribution is 7.09. The Labute approximate surface area is 128 Å². The number of carbonyl (C=O) groups is 1. The maximum atomic E-state index is 12.1. The van der Waals surface area contributed by atoms with Crippen molar-refractivity contribution in [2.75, 3.05) is 24.6 Å². The summed E-state index contributed by atoms with van der Waals surface area (Å²) >= 11 is 1.62.